The topological polar surface area (TPSA) is 91.4 Å². The largest absolute Gasteiger partial charge is 0.349 e. The highest BCUT2D eigenvalue weighted by Crippen LogP contribution is 2.31. The van der Waals surface area contributed by atoms with E-state index in [0.717, 1.165) is 32.1 Å². The summed E-state index contributed by atoms with van der Waals surface area (Å²) in [4.78, 5) is 45.8. The maximum absolute atomic E-state index is 13.4. The van der Waals surface area contributed by atoms with Gasteiger partial charge in [-0.2, -0.15) is 0 Å². The Morgan fingerprint density at radius 1 is 1.13 bits per heavy atom. The van der Waals surface area contributed by atoms with Gasteiger partial charge in [0, 0.05) is 22.7 Å². The molecule has 2 aromatic rings. The third-order valence-corrected chi connectivity index (χ3v) is 6.02. The second-order valence-electron chi connectivity index (χ2n) is 8.85. The summed E-state index contributed by atoms with van der Waals surface area (Å²) in [6.07, 6.45) is 8.04. The Labute approximate surface area is 187 Å². The fourth-order valence-corrected chi connectivity index (χ4v) is 4.55. The molecule has 1 unspecified atom stereocenters. The molecule has 1 fully saturated rings. The van der Waals surface area contributed by atoms with Crippen LogP contribution < -0.4 is 15.5 Å². The highest BCUT2D eigenvalue weighted by Gasteiger charge is 2.38. The number of hydrogen-bond acceptors (Lipinski definition) is 5. The second-order valence-corrected chi connectivity index (χ2v) is 9.83. The molecule has 7 nitrogen and oxygen atoms in total. The number of amides is 3. The molecule has 1 atom stereocenters. The van der Waals surface area contributed by atoms with Gasteiger partial charge in [-0.15, -0.1) is 11.3 Å². The first-order valence-electron chi connectivity index (χ1n) is 10.7. The number of aromatic nitrogens is 1. The summed E-state index contributed by atoms with van der Waals surface area (Å²) in [5.41, 5.74) is -0.102. The average molecular weight is 443 g/mol. The van der Waals surface area contributed by atoms with Gasteiger partial charge in [0.05, 0.1) is 11.9 Å². The molecular formula is C23H30N4O3S. The Balaban J connectivity index is 1.96. The molecule has 0 aliphatic heterocycles. The summed E-state index contributed by atoms with van der Waals surface area (Å²) >= 11 is 1.37. The third-order valence-electron chi connectivity index (χ3n) is 5.09. The number of thiophene rings is 1. The highest BCUT2D eigenvalue weighted by molar-refractivity contribution is 7.10. The van der Waals surface area contributed by atoms with Gasteiger partial charge >= 0.3 is 11.8 Å². The van der Waals surface area contributed by atoms with Crippen molar-refractivity contribution in [2.24, 2.45) is 0 Å². The van der Waals surface area contributed by atoms with Crippen molar-refractivity contribution in [3.8, 4) is 0 Å². The Bertz CT molecular complexity index is 887. The standard InChI is InChI=1S/C23H30N4O3S/c1-23(2,3)26-20(28)19(18-12-8-14-31-18)27(17-11-7-13-24-15-17)22(30)21(29)25-16-9-5-4-6-10-16/h7-8,11-16,19H,4-6,9-10H2,1-3H3,(H,25,29)(H,26,28). The highest BCUT2D eigenvalue weighted by atomic mass is 32.1. The molecule has 2 aromatic heterocycles. The molecule has 0 spiro atoms. The fraction of sp³-hybridized carbons (Fsp3) is 0.478. The number of nitrogens with one attached hydrogen (secondary N) is 2. The van der Waals surface area contributed by atoms with Crippen LogP contribution in [-0.2, 0) is 14.4 Å². The van der Waals surface area contributed by atoms with E-state index in [1.807, 2.05) is 32.2 Å². The lowest BCUT2D eigenvalue weighted by atomic mass is 9.95. The van der Waals surface area contributed by atoms with Crippen LogP contribution in [0.1, 0.15) is 63.8 Å². The van der Waals surface area contributed by atoms with Crippen LogP contribution in [0.3, 0.4) is 0 Å². The van der Waals surface area contributed by atoms with Crippen molar-refractivity contribution in [1.29, 1.82) is 0 Å². The van der Waals surface area contributed by atoms with Gasteiger partial charge in [0.25, 0.3) is 0 Å². The molecule has 1 aliphatic carbocycles. The molecular weight excluding hydrogens is 412 g/mol. The number of rotatable bonds is 5. The molecule has 3 amide bonds. The molecule has 31 heavy (non-hydrogen) atoms. The molecule has 2 heterocycles. The lowest BCUT2D eigenvalue weighted by Crippen LogP contribution is -2.53. The van der Waals surface area contributed by atoms with E-state index in [-0.39, 0.29) is 11.9 Å². The monoisotopic (exact) mass is 442 g/mol. The van der Waals surface area contributed by atoms with E-state index in [4.69, 9.17) is 0 Å². The van der Waals surface area contributed by atoms with Crippen LogP contribution in [0.2, 0.25) is 0 Å². The van der Waals surface area contributed by atoms with Gasteiger partial charge in [-0.3, -0.25) is 24.3 Å². The number of nitrogens with zero attached hydrogens (tertiary/aromatic N) is 2. The zero-order chi connectivity index (χ0) is 22.4. The number of hydrogen-bond donors (Lipinski definition) is 2. The van der Waals surface area contributed by atoms with Gasteiger partial charge in [-0.25, -0.2) is 0 Å². The first-order chi connectivity index (χ1) is 14.8. The summed E-state index contributed by atoms with van der Waals surface area (Å²) in [6.45, 7) is 5.63. The Hall–Kier alpha value is -2.74. The average Bonchev–Trinajstić information content (AvgIpc) is 3.25. The first kappa shape index (κ1) is 22.9. The summed E-state index contributed by atoms with van der Waals surface area (Å²) in [6, 6.07) is 6.00. The fourth-order valence-electron chi connectivity index (χ4n) is 3.74. The molecule has 1 aliphatic rings. The van der Waals surface area contributed by atoms with Crippen molar-refractivity contribution >= 4 is 34.7 Å². The maximum atomic E-state index is 13.4. The number of carbonyl (C=O) groups excluding carboxylic acids is 3. The zero-order valence-corrected chi connectivity index (χ0v) is 19.1. The quantitative estimate of drug-likeness (QED) is 0.693. The van der Waals surface area contributed by atoms with Gasteiger partial charge in [0.2, 0.25) is 5.91 Å². The number of anilines is 1. The number of carbonyl (C=O) groups is 3. The summed E-state index contributed by atoms with van der Waals surface area (Å²) in [7, 11) is 0. The molecule has 8 heteroatoms. The van der Waals surface area contributed by atoms with E-state index in [1.54, 1.807) is 24.4 Å². The van der Waals surface area contributed by atoms with Gasteiger partial charge in [0.15, 0.2) is 6.04 Å². The van der Waals surface area contributed by atoms with Crippen molar-refractivity contribution < 1.29 is 14.4 Å². The number of pyridine rings is 1. The first-order valence-corrected chi connectivity index (χ1v) is 11.5. The minimum Gasteiger partial charge on any atom is -0.349 e. The summed E-state index contributed by atoms with van der Waals surface area (Å²) < 4.78 is 0. The normalized spacial score (nSPS) is 15.7. The van der Waals surface area contributed by atoms with Crippen molar-refractivity contribution in [2.45, 2.75) is 70.5 Å². The van der Waals surface area contributed by atoms with E-state index in [2.05, 4.69) is 15.6 Å². The van der Waals surface area contributed by atoms with Gasteiger partial charge in [-0.1, -0.05) is 25.3 Å². The van der Waals surface area contributed by atoms with Crippen LogP contribution in [0.5, 0.6) is 0 Å². The van der Waals surface area contributed by atoms with Crippen molar-refractivity contribution in [3.63, 3.8) is 0 Å². The Kier molecular flexibility index (Phi) is 7.43. The SMILES string of the molecule is CC(C)(C)NC(=O)C(c1cccs1)N(C(=O)C(=O)NC1CCCCC1)c1cccnc1. The molecule has 0 aromatic carbocycles. The molecule has 1 saturated carbocycles. The van der Waals surface area contributed by atoms with Crippen LogP contribution in [0.15, 0.2) is 42.0 Å². The maximum Gasteiger partial charge on any atom is 0.317 e. The lowest BCUT2D eigenvalue weighted by Gasteiger charge is -2.33. The van der Waals surface area contributed by atoms with Crippen LogP contribution in [-0.4, -0.2) is 34.3 Å². The molecule has 0 saturated heterocycles. The third kappa shape index (κ3) is 6.13. The zero-order valence-electron chi connectivity index (χ0n) is 18.3. The van der Waals surface area contributed by atoms with E-state index in [0.29, 0.717) is 10.6 Å². The van der Waals surface area contributed by atoms with Crippen LogP contribution in [0.25, 0.3) is 0 Å². The molecule has 2 N–H and O–H groups in total. The Morgan fingerprint density at radius 3 is 2.45 bits per heavy atom. The van der Waals surface area contributed by atoms with Gasteiger partial charge in [0.1, 0.15) is 0 Å². The van der Waals surface area contributed by atoms with Crippen LogP contribution in [0.4, 0.5) is 5.69 Å². The molecule has 3 rings (SSSR count). The smallest absolute Gasteiger partial charge is 0.317 e. The van der Waals surface area contributed by atoms with Gasteiger partial charge < -0.3 is 10.6 Å². The van der Waals surface area contributed by atoms with Crippen LogP contribution >= 0.6 is 11.3 Å². The molecule has 0 bridgehead atoms. The lowest BCUT2D eigenvalue weighted by molar-refractivity contribution is -0.139. The van der Waals surface area contributed by atoms with E-state index in [1.165, 1.54) is 22.4 Å². The molecule has 166 valence electrons. The Morgan fingerprint density at radius 2 is 1.87 bits per heavy atom. The van der Waals surface area contributed by atoms with E-state index < -0.39 is 23.4 Å². The minimum absolute atomic E-state index is 0.00969. The van der Waals surface area contributed by atoms with Crippen molar-refractivity contribution in [2.75, 3.05) is 4.90 Å². The van der Waals surface area contributed by atoms with Gasteiger partial charge in [-0.05, 0) is 57.2 Å². The predicted octanol–water partition coefficient (Wildman–Crippen LogP) is 3.58. The van der Waals surface area contributed by atoms with Crippen molar-refractivity contribution in [3.05, 3.63) is 46.9 Å². The van der Waals surface area contributed by atoms with Crippen molar-refractivity contribution in [1.82, 2.24) is 15.6 Å². The molecule has 0 radical (unpaired) electrons. The van der Waals surface area contributed by atoms with E-state index in [9.17, 15) is 14.4 Å². The second kappa shape index (κ2) is 10.0. The van der Waals surface area contributed by atoms with Crippen LogP contribution in [0, 0.1) is 0 Å². The van der Waals surface area contributed by atoms with E-state index >= 15 is 0 Å². The predicted molar refractivity (Wildman–Crippen MR) is 122 cm³/mol. The summed E-state index contributed by atoms with van der Waals surface area (Å²) in [5.74, 6) is -1.81. The minimum atomic E-state index is -0.979. The summed E-state index contributed by atoms with van der Waals surface area (Å²) in [5, 5.41) is 7.68.